The molecule has 2 amide bonds. The number of aliphatic hydroxyl groups excluding tert-OH is 1. The number of aldehydes is 1. The third-order valence-electron chi connectivity index (χ3n) is 6.12. The van der Waals surface area contributed by atoms with Crippen LogP contribution in [0.15, 0.2) is 53.9 Å². The maximum absolute atomic E-state index is 12.5. The molecule has 1 aliphatic heterocycles. The molecule has 1 saturated heterocycles. The molecule has 0 saturated carbocycles. The van der Waals surface area contributed by atoms with Crippen LogP contribution in [0, 0.1) is 0 Å². The van der Waals surface area contributed by atoms with Crippen LogP contribution in [-0.2, 0) is 9.53 Å². The van der Waals surface area contributed by atoms with Gasteiger partial charge >= 0.3 is 6.09 Å². The molecule has 39 heavy (non-hydrogen) atoms. The van der Waals surface area contributed by atoms with Crippen LogP contribution in [0.3, 0.4) is 0 Å². The fraction of sp³-hybridized carbons (Fsp3) is 0.321. The number of nitrogens with zero attached hydrogens (tertiary/aromatic N) is 1. The Morgan fingerprint density at radius 3 is 2.49 bits per heavy atom. The number of nitrogens with one attached hydrogen (secondary N) is 2. The van der Waals surface area contributed by atoms with Gasteiger partial charge in [-0.1, -0.05) is 41.9 Å². The first-order chi connectivity index (χ1) is 19.0. The number of methoxy groups -OCH3 is 1. The Morgan fingerprint density at radius 1 is 1.10 bits per heavy atom. The first kappa shape index (κ1) is 30.1. The van der Waals surface area contributed by atoms with E-state index in [9.17, 15) is 14.4 Å². The monoisotopic (exact) mass is 573 g/mol. The zero-order valence-electron chi connectivity index (χ0n) is 21.8. The molecule has 208 valence electrons. The molecule has 0 spiro atoms. The predicted molar refractivity (Wildman–Crippen MR) is 154 cm³/mol. The standard InChI is InChI=1S/C27H28ClN3O5S.CH4O/c1-35-24-16-23(21(28)15-19(24)17-32)29-25(33)9-13-31-11-7-20(8-12-31)36-27(34)30-22-10-14-37-26(22)18-5-3-2-4-6-18;1-2/h2-6,10,14-17,20H,7-9,11-13H2,1H3,(H,29,33)(H,30,34);2H,1H3. The number of halogens is 1. The lowest BCUT2D eigenvalue weighted by Crippen LogP contribution is -2.39. The van der Waals surface area contributed by atoms with Crippen LogP contribution in [-0.4, -0.2) is 68.3 Å². The maximum atomic E-state index is 12.5. The molecular weight excluding hydrogens is 542 g/mol. The van der Waals surface area contributed by atoms with E-state index < -0.39 is 6.09 Å². The van der Waals surface area contributed by atoms with Crippen molar-refractivity contribution >= 4 is 52.6 Å². The first-order valence-corrected chi connectivity index (χ1v) is 13.6. The average Bonchev–Trinajstić information content (AvgIpc) is 3.43. The molecule has 0 radical (unpaired) electrons. The topological polar surface area (TPSA) is 117 Å². The van der Waals surface area contributed by atoms with Gasteiger partial charge in [0.2, 0.25) is 5.91 Å². The van der Waals surface area contributed by atoms with Crippen LogP contribution >= 0.6 is 22.9 Å². The summed E-state index contributed by atoms with van der Waals surface area (Å²) in [6.45, 7) is 2.02. The summed E-state index contributed by atoms with van der Waals surface area (Å²) in [5.41, 5.74) is 2.50. The highest BCUT2D eigenvalue weighted by Gasteiger charge is 2.23. The molecule has 1 fully saturated rings. The summed E-state index contributed by atoms with van der Waals surface area (Å²) in [4.78, 5) is 39.2. The fourth-order valence-electron chi connectivity index (χ4n) is 4.17. The van der Waals surface area contributed by atoms with Crippen molar-refractivity contribution < 1.29 is 29.0 Å². The molecule has 1 aliphatic rings. The SMILES string of the molecule is CO.COc1cc(NC(=O)CCN2CCC(OC(=O)Nc3ccsc3-c3ccccc3)CC2)c(Cl)cc1C=O. The Labute approximate surface area is 236 Å². The lowest BCUT2D eigenvalue weighted by Gasteiger charge is -2.31. The molecule has 0 unspecified atom stereocenters. The summed E-state index contributed by atoms with van der Waals surface area (Å²) in [5.74, 6) is 0.154. The highest BCUT2D eigenvalue weighted by Crippen LogP contribution is 2.34. The van der Waals surface area contributed by atoms with E-state index in [-0.39, 0.29) is 23.5 Å². The summed E-state index contributed by atoms with van der Waals surface area (Å²) < 4.78 is 10.8. The van der Waals surface area contributed by atoms with Gasteiger partial charge in [0.1, 0.15) is 11.9 Å². The van der Waals surface area contributed by atoms with Crippen molar-refractivity contribution in [3.8, 4) is 16.2 Å². The molecular formula is C28H32ClN3O6S. The predicted octanol–water partition coefficient (Wildman–Crippen LogP) is 5.54. The average molecular weight is 574 g/mol. The van der Waals surface area contributed by atoms with E-state index in [1.54, 1.807) is 11.3 Å². The second-order valence-corrected chi connectivity index (χ2v) is 9.91. The number of piperidine rings is 1. The summed E-state index contributed by atoms with van der Waals surface area (Å²) >= 11 is 7.75. The summed E-state index contributed by atoms with van der Waals surface area (Å²) in [5, 5.41) is 14.9. The van der Waals surface area contributed by atoms with Gasteiger partial charge in [0.25, 0.3) is 0 Å². The van der Waals surface area contributed by atoms with E-state index in [2.05, 4.69) is 15.5 Å². The Balaban J connectivity index is 0.00000205. The van der Waals surface area contributed by atoms with Crippen molar-refractivity contribution in [2.24, 2.45) is 0 Å². The second kappa shape index (κ2) is 15.2. The third-order valence-corrected chi connectivity index (χ3v) is 7.40. The van der Waals surface area contributed by atoms with Gasteiger partial charge < -0.3 is 24.8 Å². The second-order valence-electron chi connectivity index (χ2n) is 8.59. The van der Waals surface area contributed by atoms with Crippen molar-refractivity contribution in [2.75, 3.05) is 44.5 Å². The van der Waals surface area contributed by atoms with Crippen molar-refractivity contribution in [3.63, 3.8) is 0 Å². The minimum Gasteiger partial charge on any atom is -0.496 e. The molecule has 2 heterocycles. The number of hydrogen-bond acceptors (Lipinski definition) is 8. The fourth-order valence-corrected chi connectivity index (χ4v) is 5.25. The van der Waals surface area contributed by atoms with Gasteiger partial charge in [0.15, 0.2) is 6.29 Å². The van der Waals surface area contributed by atoms with Crippen LogP contribution in [0.25, 0.3) is 10.4 Å². The minimum atomic E-state index is -0.457. The molecule has 1 aromatic heterocycles. The van der Waals surface area contributed by atoms with Crippen LogP contribution < -0.4 is 15.4 Å². The molecule has 0 atom stereocenters. The van der Waals surface area contributed by atoms with E-state index in [4.69, 9.17) is 26.2 Å². The quantitative estimate of drug-likeness (QED) is 0.288. The van der Waals surface area contributed by atoms with E-state index in [1.165, 1.54) is 19.2 Å². The smallest absolute Gasteiger partial charge is 0.411 e. The van der Waals surface area contributed by atoms with Crippen molar-refractivity contribution in [1.29, 1.82) is 0 Å². The third kappa shape index (κ3) is 8.52. The number of thiophene rings is 1. The lowest BCUT2D eigenvalue weighted by molar-refractivity contribution is -0.116. The van der Waals surface area contributed by atoms with Crippen molar-refractivity contribution in [1.82, 2.24) is 4.90 Å². The van der Waals surface area contributed by atoms with Crippen LogP contribution in [0.1, 0.15) is 29.6 Å². The highest BCUT2D eigenvalue weighted by atomic mass is 35.5. The number of ether oxygens (including phenoxy) is 2. The normalized spacial score (nSPS) is 13.5. The maximum Gasteiger partial charge on any atom is 0.411 e. The van der Waals surface area contributed by atoms with Gasteiger partial charge in [-0.05, 0) is 35.9 Å². The molecule has 3 aromatic rings. The molecule has 9 nitrogen and oxygen atoms in total. The summed E-state index contributed by atoms with van der Waals surface area (Å²) in [6.07, 6.45) is 1.69. The number of rotatable bonds is 9. The van der Waals surface area contributed by atoms with Gasteiger partial charge in [-0.15, -0.1) is 11.3 Å². The van der Waals surface area contributed by atoms with E-state index in [0.717, 1.165) is 36.3 Å². The number of amides is 2. The Morgan fingerprint density at radius 2 is 1.82 bits per heavy atom. The minimum absolute atomic E-state index is 0.175. The van der Waals surface area contributed by atoms with Gasteiger partial charge in [-0.3, -0.25) is 14.9 Å². The summed E-state index contributed by atoms with van der Waals surface area (Å²) in [7, 11) is 2.45. The molecule has 0 bridgehead atoms. The molecule has 2 aromatic carbocycles. The molecule has 4 rings (SSSR count). The van der Waals surface area contributed by atoms with Gasteiger partial charge in [-0.25, -0.2) is 4.79 Å². The van der Waals surface area contributed by atoms with Gasteiger partial charge in [0.05, 0.1) is 33.9 Å². The summed E-state index contributed by atoms with van der Waals surface area (Å²) in [6, 6.07) is 14.8. The number of benzene rings is 2. The molecule has 0 aliphatic carbocycles. The van der Waals surface area contributed by atoms with E-state index in [0.29, 0.717) is 42.7 Å². The Kier molecular flexibility index (Phi) is 11.8. The van der Waals surface area contributed by atoms with Gasteiger partial charge in [-0.2, -0.15) is 0 Å². The molecule has 3 N–H and O–H groups in total. The van der Waals surface area contributed by atoms with Crippen LogP contribution in [0.2, 0.25) is 5.02 Å². The number of hydrogen-bond donors (Lipinski definition) is 3. The number of likely N-dealkylation sites (tertiary alicyclic amines) is 1. The van der Waals surface area contributed by atoms with E-state index >= 15 is 0 Å². The highest BCUT2D eigenvalue weighted by molar-refractivity contribution is 7.14. The van der Waals surface area contributed by atoms with Gasteiger partial charge in [0, 0.05) is 39.2 Å². The zero-order chi connectivity index (χ0) is 28.2. The number of anilines is 2. The number of carbonyl (C=O) groups excluding carboxylic acids is 3. The first-order valence-electron chi connectivity index (χ1n) is 12.4. The molecule has 11 heteroatoms. The lowest BCUT2D eigenvalue weighted by atomic mass is 10.1. The number of aliphatic hydroxyl groups is 1. The van der Waals surface area contributed by atoms with E-state index in [1.807, 2.05) is 41.8 Å². The van der Waals surface area contributed by atoms with Crippen LogP contribution in [0.5, 0.6) is 5.75 Å². The zero-order valence-corrected chi connectivity index (χ0v) is 23.4. The van der Waals surface area contributed by atoms with Crippen molar-refractivity contribution in [2.45, 2.75) is 25.4 Å². The largest absolute Gasteiger partial charge is 0.496 e. The number of carbonyl (C=O) groups is 3. The Hall–Kier alpha value is -3.44. The van der Waals surface area contributed by atoms with Crippen LogP contribution in [0.4, 0.5) is 16.2 Å². The van der Waals surface area contributed by atoms with Crippen molar-refractivity contribution in [3.05, 3.63) is 64.5 Å². The Bertz CT molecular complexity index is 1250.